The third-order valence-corrected chi connectivity index (χ3v) is 5.71. The van der Waals surface area contributed by atoms with Gasteiger partial charge in [-0.2, -0.15) is 0 Å². The monoisotopic (exact) mass is 435 g/mol. The van der Waals surface area contributed by atoms with Crippen LogP contribution in [0.2, 0.25) is 0 Å². The molecule has 1 amide bonds. The number of thioether (sulfide) groups is 1. The number of carbonyl (C=O) groups is 1. The molecule has 1 fully saturated rings. The molecule has 0 spiro atoms. The van der Waals surface area contributed by atoms with Gasteiger partial charge in [0.25, 0.3) is 5.91 Å². The van der Waals surface area contributed by atoms with Crippen LogP contribution >= 0.6 is 39.9 Å². The molecule has 25 heavy (non-hydrogen) atoms. The number of thiocarbonyl (C=S) groups is 1. The lowest BCUT2D eigenvalue weighted by Crippen LogP contribution is -2.27. The van der Waals surface area contributed by atoms with Gasteiger partial charge in [-0.25, -0.2) is 0 Å². The van der Waals surface area contributed by atoms with E-state index in [4.69, 9.17) is 17.0 Å². The summed E-state index contributed by atoms with van der Waals surface area (Å²) in [5, 5.41) is 9.80. The third kappa shape index (κ3) is 3.89. The highest BCUT2D eigenvalue weighted by Gasteiger charge is 2.32. The van der Waals surface area contributed by atoms with E-state index in [9.17, 15) is 9.90 Å². The second kappa shape index (κ2) is 7.59. The van der Waals surface area contributed by atoms with Crippen LogP contribution in [0.15, 0.2) is 51.8 Å². The average Bonchev–Trinajstić information content (AvgIpc) is 2.86. The number of phenols is 1. The maximum Gasteiger partial charge on any atom is 0.266 e. The molecule has 4 nitrogen and oxygen atoms in total. The Morgan fingerprint density at radius 3 is 2.72 bits per heavy atom. The van der Waals surface area contributed by atoms with Gasteiger partial charge in [-0.1, -0.05) is 70.2 Å². The van der Waals surface area contributed by atoms with E-state index in [1.807, 2.05) is 30.3 Å². The quantitative estimate of drug-likeness (QED) is 0.563. The van der Waals surface area contributed by atoms with E-state index in [1.165, 1.54) is 24.9 Å². The van der Waals surface area contributed by atoms with Crippen LogP contribution in [0.25, 0.3) is 6.08 Å². The fourth-order valence-electron chi connectivity index (χ4n) is 2.38. The maximum atomic E-state index is 12.7. The number of amides is 1. The summed E-state index contributed by atoms with van der Waals surface area (Å²) in [4.78, 5) is 14.8. The number of hydrogen-bond acceptors (Lipinski definition) is 5. The molecule has 1 aliphatic rings. The molecule has 0 saturated carbocycles. The standard InChI is InChI=1S/C18H14BrNO3S2/c1-23-15-7-12(13(19)9-14(15)21)8-16-17(22)20(18(24)25-16)10-11-5-3-2-4-6-11/h2-9,21H,10H2,1H3/b16-8+. The predicted octanol–water partition coefficient (Wildman–Crippen LogP) is 4.56. The van der Waals surface area contributed by atoms with Gasteiger partial charge in [-0.3, -0.25) is 9.69 Å². The minimum Gasteiger partial charge on any atom is -0.504 e. The van der Waals surface area contributed by atoms with Crippen LogP contribution < -0.4 is 4.74 Å². The molecule has 0 unspecified atom stereocenters. The highest BCUT2D eigenvalue weighted by molar-refractivity contribution is 9.10. The minimum absolute atomic E-state index is 0.0307. The molecule has 2 aromatic rings. The molecule has 0 aliphatic carbocycles. The first-order valence-electron chi connectivity index (χ1n) is 7.35. The molecule has 0 bridgehead atoms. The zero-order valence-electron chi connectivity index (χ0n) is 13.2. The zero-order valence-corrected chi connectivity index (χ0v) is 16.5. The number of methoxy groups -OCH3 is 1. The lowest BCUT2D eigenvalue weighted by Gasteiger charge is -2.14. The molecule has 1 heterocycles. The fraction of sp³-hybridized carbons (Fsp3) is 0.111. The number of nitrogens with zero attached hydrogens (tertiary/aromatic N) is 1. The number of ether oxygens (including phenoxy) is 1. The molecule has 3 rings (SSSR count). The number of benzene rings is 2. The summed E-state index contributed by atoms with van der Waals surface area (Å²) in [6, 6.07) is 12.9. The van der Waals surface area contributed by atoms with E-state index in [0.29, 0.717) is 26.0 Å². The second-order valence-corrected chi connectivity index (χ2v) is 7.83. The van der Waals surface area contributed by atoms with Crippen LogP contribution in [0.3, 0.4) is 0 Å². The minimum atomic E-state index is -0.127. The van der Waals surface area contributed by atoms with Gasteiger partial charge in [0.15, 0.2) is 11.5 Å². The van der Waals surface area contributed by atoms with Crippen LogP contribution in [0.5, 0.6) is 11.5 Å². The smallest absolute Gasteiger partial charge is 0.266 e. The van der Waals surface area contributed by atoms with Crippen molar-refractivity contribution in [3.63, 3.8) is 0 Å². The Bertz CT molecular complexity index is 868. The molecule has 0 radical (unpaired) electrons. The molecule has 0 aromatic heterocycles. The van der Waals surface area contributed by atoms with Gasteiger partial charge in [0.1, 0.15) is 4.32 Å². The van der Waals surface area contributed by atoms with Gasteiger partial charge in [0.05, 0.1) is 18.6 Å². The number of hydrogen-bond donors (Lipinski definition) is 1. The number of carbonyl (C=O) groups excluding carboxylic acids is 1. The number of aromatic hydroxyl groups is 1. The largest absolute Gasteiger partial charge is 0.504 e. The number of halogens is 1. The summed E-state index contributed by atoms with van der Waals surface area (Å²) in [7, 11) is 1.48. The maximum absolute atomic E-state index is 12.7. The zero-order chi connectivity index (χ0) is 18.0. The van der Waals surface area contributed by atoms with Crippen LogP contribution in [0, 0.1) is 0 Å². The summed E-state index contributed by atoms with van der Waals surface area (Å²) >= 11 is 10.0. The van der Waals surface area contributed by atoms with E-state index < -0.39 is 0 Å². The van der Waals surface area contributed by atoms with Gasteiger partial charge < -0.3 is 9.84 Å². The van der Waals surface area contributed by atoms with Crippen LogP contribution in [-0.2, 0) is 11.3 Å². The average molecular weight is 436 g/mol. The van der Waals surface area contributed by atoms with Crippen molar-refractivity contribution in [3.05, 3.63) is 63.0 Å². The van der Waals surface area contributed by atoms with Crippen molar-refractivity contribution in [2.24, 2.45) is 0 Å². The molecule has 1 N–H and O–H groups in total. The van der Waals surface area contributed by atoms with Crippen molar-refractivity contribution in [1.29, 1.82) is 0 Å². The Morgan fingerprint density at radius 1 is 1.32 bits per heavy atom. The van der Waals surface area contributed by atoms with Crippen molar-refractivity contribution >= 4 is 56.2 Å². The molecular formula is C18H14BrNO3S2. The van der Waals surface area contributed by atoms with Gasteiger partial charge in [-0.15, -0.1) is 0 Å². The molecule has 128 valence electrons. The van der Waals surface area contributed by atoms with E-state index in [2.05, 4.69) is 15.9 Å². The van der Waals surface area contributed by atoms with Crippen LogP contribution in [-0.4, -0.2) is 27.3 Å². The first kappa shape index (κ1) is 18.0. The highest BCUT2D eigenvalue weighted by atomic mass is 79.9. The van der Waals surface area contributed by atoms with Gasteiger partial charge in [0.2, 0.25) is 0 Å². The molecule has 1 aliphatic heterocycles. The summed E-state index contributed by atoms with van der Waals surface area (Å²) in [5.41, 5.74) is 1.75. The van der Waals surface area contributed by atoms with E-state index in [-0.39, 0.29) is 11.7 Å². The summed E-state index contributed by atoms with van der Waals surface area (Å²) < 4.78 is 6.32. The Hall–Kier alpha value is -1.83. The Morgan fingerprint density at radius 2 is 2.04 bits per heavy atom. The third-order valence-electron chi connectivity index (χ3n) is 3.64. The Kier molecular flexibility index (Phi) is 5.46. The first-order chi connectivity index (χ1) is 12.0. The number of rotatable bonds is 4. The Balaban J connectivity index is 1.88. The van der Waals surface area contributed by atoms with E-state index >= 15 is 0 Å². The van der Waals surface area contributed by atoms with E-state index in [0.717, 1.165) is 11.1 Å². The lowest BCUT2D eigenvalue weighted by atomic mass is 10.1. The van der Waals surface area contributed by atoms with Crippen LogP contribution in [0.4, 0.5) is 0 Å². The highest BCUT2D eigenvalue weighted by Crippen LogP contribution is 2.37. The molecule has 0 atom stereocenters. The van der Waals surface area contributed by atoms with Crippen molar-refractivity contribution in [1.82, 2.24) is 4.90 Å². The van der Waals surface area contributed by atoms with E-state index in [1.54, 1.807) is 17.0 Å². The van der Waals surface area contributed by atoms with Crippen molar-refractivity contribution < 1.29 is 14.6 Å². The van der Waals surface area contributed by atoms with Gasteiger partial charge in [0, 0.05) is 4.47 Å². The Labute approximate surface area is 163 Å². The van der Waals surface area contributed by atoms with Crippen LogP contribution in [0.1, 0.15) is 11.1 Å². The fourth-order valence-corrected chi connectivity index (χ4v) is 4.07. The van der Waals surface area contributed by atoms with Gasteiger partial charge >= 0.3 is 0 Å². The number of phenolic OH excluding ortho intramolecular Hbond substituents is 1. The normalized spacial score (nSPS) is 15.9. The lowest BCUT2D eigenvalue weighted by molar-refractivity contribution is -0.122. The molecule has 1 saturated heterocycles. The molecule has 7 heteroatoms. The van der Waals surface area contributed by atoms with Crippen molar-refractivity contribution in [2.45, 2.75) is 6.54 Å². The first-order valence-corrected chi connectivity index (χ1v) is 9.37. The molecular weight excluding hydrogens is 422 g/mol. The predicted molar refractivity (Wildman–Crippen MR) is 108 cm³/mol. The SMILES string of the molecule is COc1cc(/C=C2/SC(=S)N(Cc3ccccc3)C2=O)c(Br)cc1O. The topological polar surface area (TPSA) is 49.8 Å². The second-order valence-electron chi connectivity index (χ2n) is 5.30. The summed E-state index contributed by atoms with van der Waals surface area (Å²) in [6.45, 7) is 0.447. The summed E-state index contributed by atoms with van der Waals surface area (Å²) in [5.74, 6) is 0.246. The summed E-state index contributed by atoms with van der Waals surface area (Å²) in [6.07, 6.45) is 1.75. The molecule has 2 aromatic carbocycles. The van der Waals surface area contributed by atoms with Crippen molar-refractivity contribution in [3.8, 4) is 11.5 Å². The van der Waals surface area contributed by atoms with Gasteiger partial charge in [-0.05, 0) is 29.3 Å². The van der Waals surface area contributed by atoms with Crippen molar-refractivity contribution in [2.75, 3.05) is 7.11 Å².